The number of fused-ring (bicyclic) bond motifs is 2. The molecule has 0 atom stereocenters. The van der Waals surface area contributed by atoms with Crippen molar-refractivity contribution < 1.29 is 53.9 Å². The molecule has 0 aliphatic carbocycles. The molecule has 17 heteroatoms. The number of rotatable bonds is 6. The number of ether oxygens (including phenoxy) is 2. The molecular weight excluding hydrogens is 1460 g/mol. The summed E-state index contributed by atoms with van der Waals surface area (Å²) in [6.45, 7) is 19.1. The third kappa shape index (κ3) is 28.2. The minimum atomic E-state index is -0.565. The molecule has 0 radical (unpaired) electrons. The van der Waals surface area contributed by atoms with E-state index in [1.807, 2.05) is 197 Å². The van der Waals surface area contributed by atoms with Gasteiger partial charge in [0.05, 0.1) is 16.9 Å². The third-order valence-corrected chi connectivity index (χ3v) is 16.8. The first-order valence-electron chi connectivity index (χ1n) is 31.2. The number of nitrogens with zero attached hydrogens (tertiary/aromatic N) is 2. The molecule has 3 aliphatic heterocycles. The van der Waals surface area contributed by atoms with Crippen LogP contribution in [0, 0.1) is 12.1 Å². The zero-order valence-corrected chi connectivity index (χ0v) is 62.4. The van der Waals surface area contributed by atoms with Gasteiger partial charge in [-0.2, -0.15) is 72.8 Å². The summed E-state index contributed by atoms with van der Waals surface area (Å²) in [6, 6.07) is 88.6. The maximum absolute atomic E-state index is 12.2. The third-order valence-electron chi connectivity index (χ3n) is 14.2. The summed E-state index contributed by atoms with van der Waals surface area (Å²) in [6.07, 6.45) is 1.18. The van der Waals surface area contributed by atoms with Crippen LogP contribution in [-0.4, -0.2) is 74.5 Å². The molecule has 0 saturated carbocycles. The SMILES string of the molecule is C.CC(C)(C)OC(=O)c1cccc(-c2ccc3c(c2)C(=O)CCS3)n1.CC(C)(C)OC(=O)c1cccc(Br)n1.CC1(C)OB(c2ccc3c(c2)C(=O)CCS3)OC1(C)C.[Cl][Pd][Cl].[c-]1ccccc1.[c-]1ccccc1.c1ccc(-c2ccccc2)cc1.c1ccc(-c2ccccc2)cc1. The van der Waals surface area contributed by atoms with Crippen LogP contribution in [0.4, 0.5) is 0 Å². The molecular formula is C81H84BBrCl2N2O8PdS2-2. The standard InChI is InChI=1S/C19H19NO3S.C15H19BO3S.2C12H10.C10H12BrNO2.2C6H5.CH4.2ClH.Pd/c1-19(2,3)23-18(22)15-6-4-5-14(20-15)12-7-8-17-13(11-12)16(21)9-10-24-17;1-14(2)15(3,4)19-16(18-14)10-5-6-13-11(9-10)12(17)7-8-20-13;2*1-3-7-11(8-4-1)12-9-5-2-6-10-12;1-10(2,3)14-9(13)7-5-4-6-8(11)12-7;2*1-2-4-6-5-3-1;;;;/h4-8,11H,9-10H2,1-3H3;5-6,9H,7-8H2,1-4H3;2*1-10H;4-6H,1-3H3;2*1-5H;1H4;2*1H;/q;;;;;2*-1;;;;+2/p-2. The number of carbonyl (C=O) groups excluding carboxylic acids is 4. The number of carbonyl (C=O) groups is 4. The van der Waals surface area contributed by atoms with Gasteiger partial charge in [0.2, 0.25) is 0 Å². The van der Waals surface area contributed by atoms with Crippen molar-refractivity contribution in [3.63, 3.8) is 0 Å². The molecule has 10 aromatic rings. The van der Waals surface area contributed by atoms with Crippen LogP contribution in [0.3, 0.4) is 0 Å². The topological polar surface area (TPSA) is 131 Å². The fraction of sp³-hybridized carbons (Fsp3) is 0.235. The molecule has 98 heavy (non-hydrogen) atoms. The molecule has 0 spiro atoms. The Morgan fingerprint density at radius 3 is 1.20 bits per heavy atom. The van der Waals surface area contributed by atoms with Crippen molar-refractivity contribution in [3.05, 3.63) is 294 Å². The Kier molecular flexibility index (Phi) is 34.4. The zero-order valence-electron chi connectivity index (χ0n) is 56.1. The monoisotopic (exact) mass is 1540 g/mol. The first-order valence-corrected chi connectivity index (χ1v) is 38.0. The van der Waals surface area contributed by atoms with Crippen LogP contribution in [-0.2, 0) is 34.7 Å². The fourth-order valence-corrected chi connectivity index (χ4v) is 11.3. The molecule has 3 aliphatic rings. The predicted octanol–water partition coefficient (Wildman–Crippen LogP) is 21.5. The molecule has 10 nitrogen and oxygen atoms in total. The number of esters is 2. The van der Waals surface area contributed by atoms with E-state index in [0.29, 0.717) is 28.8 Å². The average molecular weight is 1550 g/mol. The summed E-state index contributed by atoms with van der Waals surface area (Å²) in [5, 5.41) is 0. The van der Waals surface area contributed by atoms with Crippen LogP contribution in [0.25, 0.3) is 33.5 Å². The molecule has 0 bridgehead atoms. The molecule has 0 unspecified atom stereocenters. The molecule has 1 fully saturated rings. The normalized spacial score (nSPS) is 13.5. The molecule has 8 aromatic carbocycles. The summed E-state index contributed by atoms with van der Waals surface area (Å²) in [4.78, 5) is 58.3. The number of benzene rings is 8. The maximum Gasteiger partial charge on any atom is -0.0184 e. The van der Waals surface area contributed by atoms with E-state index >= 15 is 0 Å². The van der Waals surface area contributed by atoms with E-state index in [2.05, 4.69) is 135 Å². The van der Waals surface area contributed by atoms with E-state index in [1.165, 1.54) is 22.3 Å². The zero-order chi connectivity index (χ0) is 70.3. The summed E-state index contributed by atoms with van der Waals surface area (Å²) in [7, 11) is 9.23. The van der Waals surface area contributed by atoms with Gasteiger partial charge < -0.3 is 18.8 Å². The van der Waals surface area contributed by atoms with Crippen molar-refractivity contribution in [2.24, 2.45) is 0 Å². The van der Waals surface area contributed by atoms with Gasteiger partial charge >= 0.3 is 54.1 Å². The van der Waals surface area contributed by atoms with E-state index in [1.54, 1.807) is 53.9 Å². The van der Waals surface area contributed by atoms with Crippen LogP contribution in [0.15, 0.2) is 269 Å². The number of pyridine rings is 2. The van der Waals surface area contributed by atoms with Gasteiger partial charge in [0.1, 0.15) is 27.2 Å². The van der Waals surface area contributed by atoms with Crippen LogP contribution >= 0.6 is 58.5 Å². The number of hydrogen-bond acceptors (Lipinski definition) is 12. The Labute approximate surface area is 614 Å². The van der Waals surface area contributed by atoms with Crippen LogP contribution < -0.4 is 5.46 Å². The van der Waals surface area contributed by atoms with Gasteiger partial charge in [-0.25, -0.2) is 19.6 Å². The van der Waals surface area contributed by atoms with E-state index < -0.39 is 30.3 Å². The second-order valence-electron chi connectivity index (χ2n) is 24.5. The Morgan fingerprint density at radius 2 is 0.847 bits per heavy atom. The minimum absolute atomic E-state index is 0. The van der Waals surface area contributed by atoms with Crippen molar-refractivity contribution in [2.75, 3.05) is 11.5 Å². The van der Waals surface area contributed by atoms with Crippen LogP contribution in [0.5, 0.6) is 0 Å². The van der Waals surface area contributed by atoms with Crippen molar-refractivity contribution in [2.45, 2.75) is 122 Å². The second kappa shape index (κ2) is 41.3. The van der Waals surface area contributed by atoms with Gasteiger partial charge in [-0.05, 0) is 155 Å². The van der Waals surface area contributed by atoms with Gasteiger partial charge in [0, 0.05) is 50.8 Å². The molecule has 5 heterocycles. The minimum Gasteiger partial charge on any atom is -0.184 e. The smallest absolute Gasteiger partial charge is 0.0184 e. The van der Waals surface area contributed by atoms with Crippen LogP contribution in [0.1, 0.15) is 131 Å². The Morgan fingerprint density at radius 1 is 0.490 bits per heavy atom. The Balaban J connectivity index is 0.000000213. The second-order valence-corrected chi connectivity index (χ2v) is 30.0. The van der Waals surface area contributed by atoms with E-state index in [4.69, 9.17) is 37.8 Å². The Hall–Kier alpha value is -7.25. The largest absolute Gasteiger partial charge is 0.184 e. The number of aromatic nitrogens is 2. The van der Waals surface area contributed by atoms with E-state index in [-0.39, 0.29) is 51.8 Å². The molecule has 1 saturated heterocycles. The molecule has 0 N–H and O–H groups in total. The van der Waals surface area contributed by atoms with Gasteiger partial charge in [-0.15, -0.1) is 23.5 Å². The molecule has 13 rings (SSSR count). The van der Waals surface area contributed by atoms with Crippen molar-refractivity contribution in [3.8, 4) is 33.5 Å². The summed E-state index contributed by atoms with van der Waals surface area (Å²) in [5.74, 6) is 1.23. The number of halogens is 3. The van der Waals surface area contributed by atoms with E-state index in [9.17, 15) is 19.2 Å². The summed E-state index contributed by atoms with van der Waals surface area (Å²) >= 11 is 6.52. The van der Waals surface area contributed by atoms with Gasteiger partial charge in [-0.1, -0.05) is 159 Å². The molecule has 2 aromatic heterocycles. The first-order chi connectivity index (χ1) is 46.4. The van der Waals surface area contributed by atoms with E-state index in [0.717, 1.165) is 43.4 Å². The van der Waals surface area contributed by atoms with Crippen molar-refractivity contribution >= 4 is 94.6 Å². The summed E-state index contributed by atoms with van der Waals surface area (Å²) in [5.41, 5.74) is 7.89. The van der Waals surface area contributed by atoms with Gasteiger partial charge in [0.25, 0.3) is 0 Å². The van der Waals surface area contributed by atoms with Gasteiger partial charge in [0.15, 0.2) is 11.6 Å². The van der Waals surface area contributed by atoms with Crippen molar-refractivity contribution in [1.82, 2.24) is 9.97 Å². The van der Waals surface area contributed by atoms with Gasteiger partial charge in [-0.3, -0.25) is 9.59 Å². The summed E-state index contributed by atoms with van der Waals surface area (Å²) < 4.78 is 23.2. The van der Waals surface area contributed by atoms with Crippen LogP contribution in [0.2, 0.25) is 0 Å². The first kappa shape index (κ1) is 81.4. The number of thioether (sulfide) groups is 2. The number of ketones is 2. The average Bonchev–Trinajstić information content (AvgIpc) is 1.59. The van der Waals surface area contributed by atoms with Crippen molar-refractivity contribution in [1.29, 1.82) is 0 Å². The maximum atomic E-state index is 12.2. The number of Topliss-reactive ketones (excluding diaryl/α,β-unsaturated/α-hetero) is 2. The quantitative estimate of drug-likeness (QED) is 0.0680. The molecule has 514 valence electrons. The number of hydrogen-bond donors (Lipinski definition) is 0. The molecule has 0 amide bonds. The fourth-order valence-electron chi connectivity index (χ4n) is 8.93. The predicted molar refractivity (Wildman–Crippen MR) is 406 cm³/mol. The Bertz CT molecular complexity index is 3780.